The second-order valence-electron chi connectivity index (χ2n) is 6.66. The van der Waals surface area contributed by atoms with Crippen molar-refractivity contribution < 1.29 is 18.3 Å². The van der Waals surface area contributed by atoms with Crippen LogP contribution in [0.25, 0.3) is 11.1 Å². The number of oxazole rings is 1. The molecule has 4 aromatic rings. The van der Waals surface area contributed by atoms with Crippen LogP contribution in [0.3, 0.4) is 0 Å². The van der Waals surface area contributed by atoms with Crippen molar-refractivity contribution in [3.63, 3.8) is 0 Å². The van der Waals surface area contributed by atoms with Crippen molar-refractivity contribution in [2.24, 2.45) is 0 Å². The van der Waals surface area contributed by atoms with Gasteiger partial charge in [-0.15, -0.1) is 0 Å². The molecule has 0 aliphatic heterocycles. The van der Waals surface area contributed by atoms with Gasteiger partial charge in [0.25, 0.3) is 0 Å². The number of ether oxygens (including phenoxy) is 1. The van der Waals surface area contributed by atoms with E-state index in [1.54, 1.807) is 61.7 Å². The van der Waals surface area contributed by atoms with Crippen LogP contribution in [-0.4, -0.2) is 15.5 Å². The molecule has 0 fully saturated rings. The lowest BCUT2D eigenvalue weighted by atomic mass is 10.2. The lowest BCUT2D eigenvalue weighted by Crippen LogP contribution is -2.34. The summed E-state index contributed by atoms with van der Waals surface area (Å²) in [6, 6.07) is 15.3. The maximum atomic E-state index is 13.2. The van der Waals surface area contributed by atoms with Gasteiger partial charge in [0.15, 0.2) is 5.58 Å². The highest BCUT2D eigenvalue weighted by Gasteiger charge is 2.20. The Labute approximate surface area is 170 Å². The van der Waals surface area contributed by atoms with Crippen molar-refractivity contribution in [1.29, 1.82) is 0 Å². The quantitative estimate of drug-likeness (QED) is 0.525. The van der Waals surface area contributed by atoms with Gasteiger partial charge in [-0.25, -0.2) is 14.2 Å². The third-order valence-electron chi connectivity index (χ3n) is 4.57. The minimum atomic E-state index is -0.746. The van der Waals surface area contributed by atoms with Gasteiger partial charge in [-0.05, 0) is 36.8 Å². The Hall–Kier alpha value is -3.94. The van der Waals surface area contributed by atoms with Crippen LogP contribution in [0.15, 0.2) is 76.1 Å². The first-order valence-corrected chi connectivity index (χ1v) is 9.27. The van der Waals surface area contributed by atoms with Crippen LogP contribution < -0.4 is 15.8 Å². The third kappa shape index (κ3) is 4.07. The molecule has 1 atom stereocenters. The van der Waals surface area contributed by atoms with Gasteiger partial charge < -0.3 is 14.5 Å². The van der Waals surface area contributed by atoms with E-state index in [1.165, 1.54) is 16.7 Å². The van der Waals surface area contributed by atoms with E-state index in [2.05, 4.69) is 10.3 Å². The first-order valence-electron chi connectivity index (χ1n) is 9.27. The molecular formula is C22H18FN3O4. The summed E-state index contributed by atoms with van der Waals surface area (Å²) >= 11 is 0. The van der Waals surface area contributed by atoms with E-state index in [0.717, 1.165) is 5.56 Å². The van der Waals surface area contributed by atoms with Crippen LogP contribution in [0.5, 0.6) is 11.6 Å². The summed E-state index contributed by atoms with van der Waals surface area (Å²) in [7, 11) is 0. The Morgan fingerprint density at radius 3 is 2.80 bits per heavy atom. The first-order chi connectivity index (χ1) is 14.5. The van der Waals surface area contributed by atoms with Crippen LogP contribution in [0, 0.1) is 5.82 Å². The largest absolute Gasteiger partial charge is 0.439 e. The molecule has 2 aromatic carbocycles. The number of carbonyl (C=O) groups is 1. The van der Waals surface area contributed by atoms with Gasteiger partial charge in [-0.2, -0.15) is 0 Å². The summed E-state index contributed by atoms with van der Waals surface area (Å²) in [4.78, 5) is 28.9. The molecule has 0 saturated carbocycles. The van der Waals surface area contributed by atoms with Crippen LogP contribution in [0.1, 0.15) is 18.5 Å². The molecular weight excluding hydrogens is 389 g/mol. The molecule has 1 N–H and O–H groups in total. The van der Waals surface area contributed by atoms with Crippen molar-refractivity contribution in [2.75, 3.05) is 0 Å². The SMILES string of the molecule is CC(C(=O)NCc1ccc(Oc2cccc(F)c2)nc1)n1c(=O)oc2ccccc21. The number of benzene rings is 2. The van der Waals surface area contributed by atoms with E-state index in [0.29, 0.717) is 22.7 Å². The van der Waals surface area contributed by atoms with Crippen molar-refractivity contribution in [3.8, 4) is 11.6 Å². The number of hydrogen-bond donors (Lipinski definition) is 1. The molecule has 2 heterocycles. The van der Waals surface area contributed by atoms with Gasteiger partial charge in [0.1, 0.15) is 17.6 Å². The molecule has 30 heavy (non-hydrogen) atoms. The number of fused-ring (bicyclic) bond motifs is 1. The summed E-state index contributed by atoms with van der Waals surface area (Å²) in [5, 5.41) is 2.78. The Balaban J connectivity index is 1.40. The number of para-hydroxylation sites is 2. The first kappa shape index (κ1) is 19.4. The highest BCUT2D eigenvalue weighted by Crippen LogP contribution is 2.20. The lowest BCUT2D eigenvalue weighted by Gasteiger charge is -2.13. The summed E-state index contributed by atoms with van der Waals surface area (Å²) < 4.78 is 25.2. The maximum Gasteiger partial charge on any atom is 0.420 e. The summed E-state index contributed by atoms with van der Waals surface area (Å²) in [6.45, 7) is 1.85. The van der Waals surface area contributed by atoms with Gasteiger partial charge in [0.05, 0.1) is 5.52 Å². The molecule has 152 valence electrons. The second-order valence-corrected chi connectivity index (χ2v) is 6.66. The fourth-order valence-corrected chi connectivity index (χ4v) is 3.03. The molecule has 4 rings (SSSR count). The molecule has 0 spiro atoms. The fourth-order valence-electron chi connectivity index (χ4n) is 3.03. The minimum absolute atomic E-state index is 0.223. The van der Waals surface area contributed by atoms with E-state index < -0.39 is 17.6 Å². The number of pyridine rings is 1. The summed E-state index contributed by atoms with van der Waals surface area (Å²) in [5.41, 5.74) is 1.73. The molecule has 7 nitrogen and oxygen atoms in total. The van der Waals surface area contributed by atoms with Crippen molar-refractivity contribution in [3.05, 3.63) is 88.8 Å². The molecule has 0 aliphatic carbocycles. The van der Waals surface area contributed by atoms with Gasteiger partial charge >= 0.3 is 5.76 Å². The van der Waals surface area contributed by atoms with Gasteiger partial charge in [0.2, 0.25) is 11.8 Å². The zero-order chi connectivity index (χ0) is 21.1. The van der Waals surface area contributed by atoms with E-state index >= 15 is 0 Å². The number of carbonyl (C=O) groups excluding carboxylic acids is 1. The Morgan fingerprint density at radius 1 is 1.20 bits per heavy atom. The normalized spacial score (nSPS) is 11.9. The number of amides is 1. The predicted molar refractivity (Wildman–Crippen MR) is 108 cm³/mol. The molecule has 0 saturated heterocycles. The number of halogens is 1. The van der Waals surface area contributed by atoms with E-state index in [9.17, 15) is 14.0 Å². The molecule has 1 unspecified atom stereocenters. The highest BCUT2D eigenvalue weighted by atomic mass is 19.1. The predicted octanol–water partition coefficient (Wildman–Crippen LogP) is 3.80. The third-order valence-corrected chi connectivity index (χ3v) is 4.57. The summed E-state index contributed by atoms with van der Waals surface area (Å²) in [5.74, 6) is -0.663. The Bertz CT molecular complexity index is 1250. The molecule has 0 aliphatic rings. The topological polar surface area (TPSA) is 86.4 Å². The van der Waals surface area contributed by atoms with Gasteiger partial charge in [-0.1, -0.05) is 24.3 Å². The van der Waals surface area contributed by atoms with Crippen LogP contribution in [0.2, 0.25) is 0 Å². The number of aromatic nitrogens is 2. The van der Waals surface area contributed by atoms with Crippen LogP contribution in [-0.2, 0) is 11.3 Å². The van der Waals surface area contributed by atoms with E-state index in [1.807, 2.05) is 0 Å². The lowest BCUT2D eigenvalue weighted by molar-refractivity contribution is -0.124. The number of hydrogen-bond acceptors (Lipinski definition) is 5. The fraction of sp³-hybridized carbons (Fsp3) is 0.136. The standard InChI is InChI=1S/C22H18FN3O4/c1-14(26-18-7-2-3-8-19(18)30-22(26)28)21(27)25-13-15-9-10-20(24-12-15)29-17-6-4-5-16(23)11-17/h2-12,14H,13H2,1H3,(H,25,27). The van der Waals surface area contributed by atoms with Crippen molar-refractivity contribution >= 4 is 17.0 Å². The number of rotatable bonds is 6. The zero-order valence-electron chi connectivity index (χ0n) is 16.0. The maximum absolute atomic E-state index is 13.2. The molecule has 0 radical (unpaired) electrons. The average Bonchev–Trinajstić information content (AvgIpc) is 3.08. The van der Waals surface area contributed by atoms with Gasteiger partial charge in [0, 0.05) is 24.9 Å². The average molecular weight is 407 g/mol. The van der Waals surface area contributed by atoms with E-state index in [4.69, 9.17) is 9.15 Å². The Morgan fingerprint density at radius 2 is 2.03 bits per heavy atom. The van der Waals surface area contributed by atoms with Crippen molar-refractivity contribution in [2.45, 2.75) is 19.5 Å². The zero-order valence-corrected chi connectivity index (χ0v) is 16.0. The van der Waals surface area contributed by atoms with Crippen molar-refractivity contribution in [1.82, 2.24) is 14.9 Å². The van der Waals surface area contributed by atoms with E-state index in [-0.39, 0.29) is 12.5 Å². The number of nitrogens with one attached hydrogen (secondary N) is 1. The molecule has 0 bridgehead atoms. The molecule has 2 aromatic heterocycles. The van der Waals surface area contributed by atoms with Gasteiger partial charge in [-0.3, -0.25) is 9.36 Å². The monoisotopic (exact) mass is 407 g/mol. The summed E-state index contributed by atoms with van der Waals surface area (Å²) in [6.07, 6.45) is 1.55. The molecule has 8 heteroatoms. The highest BCUT2D eigenvalue weighted by molar-refractivity contribution is 5.82. The minimum Gasteiger partial charge on any atom is -0.439 e. The molecule has 1 amide bonds. The van der Waals surface area contributed by atoms with Crippen LogP contribution in [0.4, 0.5) is 4.39 Å². The smallest absolute Gasteiger partial charge is 0.420 e. The van der Waals surface area contributed by atoms with Crippen LogP contribution >= 0.6 is 0 Å². The number of nitrogens with zero attached hydrogens (tertiary/aromatic N) is 2. The Kier molecular flexibility index (Phi) is 5.30. The second kappa shape index (κ2) is 8.20.